The summed E-state index contributed by atoms with van der Waals surface area (Å²) in [5.74, 6) is -0.150. The fourth-order valence-corrected chi connectivity index (χ4v) is 2.48. The van der Waals surface area contributed by atoms with Crippen molar-refractivity contribution in [3.63, 3.8) is 0 Å². The van der Waals surface area contributed by atoms with Crippen molar-refractivity contribution in [3.8, 4) is 0 Å². The summed E-state index contributed by atoms with van der Waals surface area (Å²) in [6, 6.07) is 15.1. The number of halogens is 2. The minimum absolute atomic E-state index is 0.150. The third-order valence-electron chi connectivity index (χ3n) is 2.94. The van der Waals surface area contributed by atoms with Gasteiger partial charge in [0, 0.05) is 6.54 Å². The monoisotopic (exact) mass is 322 g/mol. The number of hydrogen-bond donors (Lipinski definition) is 1. The summed E-state index contributed by atoms with van der Waals surface area (Å²) >= 11 is 12.1. The highest BCUT2D eigenvalue weighted by molar-refractivity contribution is 6.39. The maximum Gasteiger partial charge on any atom is 0.238 e. The molecule has 0 aliphatic carbocycles. The fourth-order valence-electron chi connectivity index (χ4n) is 1.99. The first kappa shape index (κ1) is 15.8. The fraction of sp³-hybridized carbons (Fsp3) is 0.188. The SMILES string of the molecule is CN(CC(=O)Nc1c(Cl)cccc1Cl)Cc1ccccc1. The van der Waals surface area contributed by atoms with Gasteiger partial charge in [0.25, 0.3) is 0 Å². The zero-order chi connectivity index (χ0) is 15.2. The molecule has 110 valence electrons. The number of carbonyl (C=O) groups excluding carboxylic acids is 1. The van der Waals surface area contributed by atoms with Gasteiger partial charge in [0.2, 0.25) is 5.91 Å². The van der Waals surface area contributed by atoms with Gasteiger partial charge in [-0.3, -0.25) is 9.69 Å². The predicted octanol–water partition coefficient (Wildman–Crippen LogP) is 4.06. The molecule has 5 heteroatoms. The van der Waals surface area contributed by atoms with Crippen molar-refractivity contribution in [2.24, 2.45) is 0 Å². The van der Waals surface area contributed by atoms with E-state index >= 15 is 0 Å². The van der Waals surface area contributed by atoms with Gasteiger partial charge in [-0.05, 0) is 24.7 Å². The molecular weight excluding hydrogens is 307 g/mol. The van der Waals surface area contributed by atoms with Gasteiger partial charge in [-0.25, -0.2) is 0 Å². The molecule has 0 spiro atoms. The molecule has 0 atom stereocenters. The first-order valence-corrected chi connectivity index (χ1v) is 7.28. The normalized spacial score (nSPS) is 10.7. The third kappa shape index (κ3) is 4.74. The lowest BCUT2D eigenvalue weighted by Gasteiger charge is -2.17. The van der Waals surface area contributed by atoms with E-state index in [1.54, 1.807) is 18.2 Å². The molecule has 1 amide bonds. The standard InChI is InChI=1S/C16H16Cl2N2O/c1-20(10-12-6-3-2-4-7-12)11-15(21)19-16-13(17)8-5-9-14(16)18/h2-9H,10-11H2,1H3,(H,19,21). The van der Waals surface area contributed by atoms with Gasteiger partial charge in [-0.2, -0.15) is 0 Å². The summed E-state index contributed by atoms with van der Waals surface area (Å²) in [6.07, 6.45) is 0. The number of amides is 1. The molecule has 0 saturated heterocycles. The Morgan fingerprint density at radius 2 is 1.67 bits per heavy atom. The number of benzene rings is 2. The molecule has 2 aromatic rings. The Balaban J connectivity index is 1.92. The van der Waals surface area contributed by atoms with Crippen LogP contribution in [0.3, 0.4) is 0 Å². The van der Waals surface area contributed by atoms with Crippen molar-refractivity contribution in [1.82, 2.24) is 4.90 Å². The van der Waals surface area contributed by atoms with Crippen LogP contribution in [0.25, 0.3) is 0 Å². The van der Waals surface area contributed by atoms with Crippen LogP contribution in [0.2, 0.25) is 10.0 Å². The van der Waals surface area contributed by atoms with E-state index in [9.17, 15) is 4.79 Å². The molecule has 0 saturated carbocycles. The van der Waals surface area contributed by atoms with Crippen LogP contribution in [0.4, 0.5) is 5.69 Å². The van der Waals surface area contributed by atoms with Crippen LogP contribution < -0.4 is 5.32 Å². The zero-order valence-corrected chi connectivity index (χ0v) is 13.2. The van der Waals surface area contributed by atoms with E-state index in [0.29, 0.717) is 22.3 Å². The van der Waals surface area contributed by atoms with Crippen molar-refractivity contribution in [2.45, 2.75) is 6.54 Å². The van der Waals surface area contributed by atoms with E-state index in [0.717, 1.165) is 5.56 Å². The summed E-state index contributed by atoms with van der Waals surface area (Å²) in [7, 11) is 1.89. The van der Waals surface area contributed by atoms with Crippen LogP contribution in [0, 0.1) is 0 Å². The highest BCUT2D eigenvalue weighted by Gasteiger charge is 2.11. The molecule has 0 heterocycles. The summed E-state index contributed by atoms with van der Waals surface area (Å²) in [5, 5.41) is 3.61. The first-order chi connectivity index (χ1) is 10.1. The number of likely N-dealkylation sites (N-methyl/N-ethyl adjacent to an activating group) is 1. The molecule has 1 N–H and O–H groups in total. The van der Waals surface area contributed by atoms with E-state index in [1.165, 1.54) is 0 Å². The lowest BCUT2D eigenvalue weighted by molar-refractivity contribution is -0.117. The molecule has 0 bridgehead atoms. The summed E-state index contributed by atoms with van der Waals surface area (Å²) in [6.45, 7) is 0.959. The number of nitrogens with zero attached hydrogens (tertiary/aromatic N) is 1. The lowest BCUT2D eigenvalue weighted by Crippen LogP contribution is -2.30. The molecule has 3 nitrogen and oxygen atoms in total. The quantitative estimate of drug-likeness (QED) is 0.900. The van der Waals surface area contributed by atoms with Gasteiger partial charge in [-0.15, -0.1) is 0 Å². The van der Waals surface area contributed by atoms with Crippen LogP contribution in [0.5, 0.6) is 0 Å². The Morgan fingerprint density at radius 3 is 2.29 bits per heavy atom. The first-order valence-electron chi connectivity index (χ1n) is 6.52. The maximum atomic E-state index is 12.0. The van der Waals surface area contributed by atoms with Crippen LogP contribution in [-0.2, 0) is 11.3 Å². The maximum absolute atomic E-state index is 12.0. The number of carbonyl (C=O) groups is 1. The van der Waals surface area contributed by atoms with Gasteiger partial charge < -0.3 is 5.32 Å². The summed E-state index contributed by atoms with van der Waals surface area (Å²) in [4.78, 5) is 14.0. The number of para-hydroxylation sites is 1. The second-order valence-corrected chi connectivity index (χ2v) is 5.62. The predicted molar refractivity (Wildman–Crippen MR) is 87.9 cm³/mol. The van der Waals surface area contributed by atoms with Gasteiger partial charge in [0.15, 0.2) is 0 Å². The van der Waals surface area contributed by atoms with E-state index in [1.807, 2.05) is 42.3 Å². The minimum Gasteiger partial charge on any atom is -0.322 e. The van der Waals surface area contributed by atoms with Crippen LogP contribution >= 0.6 is 23.2 Å². The number of hydrogen-bond acceptors (Lipinski definition) is 2. The lowest BCUT2D eigenvalue weighted by atomic mass is 10.2. The second kappa shape index (κ2) is 7.46. The van der Waals surface area contributed by atoms with Gasteiger partial charge in [-0.1, -0.05) is 59.6 Å². The zero-order valence-electron chi connectivity index (χ0n) is 11.6. The van der Waals surface area contributed by atoms with Crippen molar-refractivity contribution in [3.05, 3.63) is 64.1 Å². The van der Waals surface area contributed by atoms with Crippen molar-refractivity contribution < 1.29 is 4.79 Å². The largest absolute Gasteiger partial charge is 0.322 e. The second-order valence-electron chi connectivity index (χ2n) is 4.80. The van der Waals surface area contributed by atoms with Crippen molar-refractivity contribution in [2.75, 3.05) is 18.9 Å². The summed E-state index contributed by atoms with van der Waals surface area (Å²) < 4.78 is 0. The number of anilines is 1. The van der Waals surface area contributed by atoms with E-state index in [2.05, 4.69) is 5.32 Å². The Labute approximate surface area is 134 Å². The van der Waals surface area contributed by atoms with Gasteiger partial charge in [0.05, 0.1) is 22.3 Å². The van der Waals surface area contributed by atoms with Gasteiger partial charge in [0.1, 0.15) is 0 Å². The van der Waals surface area contributed by atoms with E-state index in [4.69, 9.17) is 23.2 Å². The molecule has 2 rings (SSSR count). The number of nitrogens with one attached hydrogen (secondary N) is 1. The highest BCUT2D eigenvalue weighted by Crippen LogP contribution is 2.29. The molecule has 0 fully saturated rings. The van der Waals surface area contributed by atoms with Crippen molar-refractivity contribution in [1.29, 1.82) is 0 Å². The summed E-state index contributed by atoms with van der Waals surface area (Å²) in [5.41, 5.74) is 1.61. The highest BCUT2D eigenvalue weighted by atomic mass is 35.5. The Kier molecular flexibility index (Phi) is 5.62. The smallest absolute Gasteiger partial charge is 0.238 e. The van der Waals surface area contributed by atoms with Gasteiger partial charge >= 0.3 is 0 Å². The molecular formula is C16H16Cl2N2O. The minimum atomic E-state index is -0.150. The van der Waals surface area contributed by atoms with Crippen LogP contribution in [0.1, 0.15) is 5.56 Å². The Bertz CT molecular complexity index is 597. The van der Waals surface area contributed by atoms with Crippen LogP contribution in [-0.4, -0.2) is 24.4 Å². The average Bonchev–Trinajstić information content (AvgIpc) is 2.44. The van der Waals surface area contributed by atoms with E-state index < -0.39 is 0 Å². The van der Waals surface area contributed by atoms with Crippen LogP contribution in [0.15, 0.2) is 48.5 Å². The Morgan fingerprint density at radius 1 is 1.05 bits per heavy atom. The molecule has 0 unspecified atom stereocenters. The topological polar surface area (TPSA) is 32.3 Å². The number of rotatable bonds is 5. The Hall–Kier alpha value is -1.55. The molecule has 0 aromatic heterocycles. The molecule has 0 radical (unpaired) electrons. The van der Waals surface area contributed by atoms with Crippen molar-refractivity contribution >= 4 is 34.8 Å². The molecule has 0 aliphatic heterocycles. The molecule has 2 aromatic carbocycles. The molecule has 0 aliphatic rings. The van der Waals surface area contributed by atoms with E-state index in [-0.39, 0.29) is 12.5 Å². The average molecular weight is 323 g/mol. The molecule has 21 heavy (non-hydrogen) atoms. The third-order valence-corrected chi connectivity index (χ3v) is 3.57.